The number of aromatic nitrogens is 1. The van der Waals surface area contributed by atoms with Crippen LogP contribution in [-0.2, 0) is 6.54 Å². The van der Waals surface area contributed by atoms with Crippen molar-refractivity contribution >= 4 is 16.5 Å². The highest BCUT2D eigenvalue weighted by molar-refractivity contribution is 7.15. The molecular weight excluding hydrogens is 254 g/mol. The number of piperidine rings is 1. The van der Waals surface area contributed by atoms with Crippen LogP contribution >= 0.6 is 11.3 Å². The van der Waals surface area contributed by atoms with Gasteiger partial charge in [-0.1, -0.05) is 6.92 Å². The minimum absolute atomic E-state index is 0.650. The van der Waals surface area contributed by atoms with Crippen LogP contribution in [0.25, 0.3) is 0 Å². The molecule has 1 saturated heterocycles. The van der Waals surface area contributed by atoms with E-state index in [2.05, 4.69) is 24.1 Å². The average molecular weight is 279 g/mol. The van der Waals surface area contributed by atoms with Gasteiger partial charge in [0.2, 0.25) is 0 Å². The summed E-state index contributed by atoms with van der Waals surface area (Å²) >= 11 is 1.92. The zero-order chi connectivity index (χ0) is 13.4. The predicted octanol–water partition coefficient (Wildman–Crippen LogP) is 3.36. The van der Waals surface area contributed by atoms with Gasteiger partial charge < -0.3 is 10.2 Å². The molecule has 0 bridgehead atoms. The summed E-state index contributed by atoms with van der Waals surface area (Å²) in [4.78, 5) is 9.01. The van der Waals surface area contributed by atoms with Gasteiger partial charge in [0.05, 0.1) is 5.69 Å². The zero-order valence-electron chi connectivity index (χ0n) is 12.3. The van der Waals surface area contributed by atoms with Gasteiger partial charge >= 0.3 is 0 Å². The lowest BCUT2D eigenvalue weighted by atomic mass is 9.96. The maximum Gasteiger partial charge on any atom is 0.186 e. The minimum atomic E-state index is 0.650. The Kier molecular flexibility index (Phi) is 3.81. The Labute approximate surface area is 120 Å². The maximum absolute atomic E-state index is 5.00. The first-order valence-corrected chi connectivity index (χ1v) is 8.41. The van der Waals surface area contributed by atoms with Crippen LogP contribution in [0.1, 0.15) is 56.0 Å². The molecule has 0 spiro atoms. The molecule has 2 atom stereocenters. The van der Waals surface area contributed by atoms with E-state index in [1.807, 2.05) is 18.4 Å². The Morgan fingerprint density at radius 1 is 1.26 bits per heavy atom. The van der Waals surface area contributed by atoms with E-state index in [0.717, 1.165) is 18.4 Å². The van der Waals surface area contributed by atoms with E-state index in [1.54, 1.807) is 0 Å². The third kappa shape index (κ3) is 2.79. The molecule has 1 aromatic rings. The monoisotopic (exact) mass is 279 g/mol. The van der Waals surface area contributed by atoms with E-state index in [0.29, 0.717) is 6.04 Å². The van der Waals surface area contributed by atoms with Crippen LogP contribution in [0.3, 0.4) is 0 Å². The lowest BCUT2D eigenvalue weighted by Gasteiger charge is -2.36. The van der Waals surface area contributed by atoms with Gasteiger partial charge in [0.15, 0.2) is 5.13 Å². The van der Waals surface area contributed by atoms with E-state index in [1.165, 1.54) is 47.9 Å². The number of hydrogen-bond acceptors (Lipinski definition) is 4. The van der Waals surface area contributed by atoms with Crippen LogP contribution in [0, 0.1) is 5.92 Å². The van der Waals surface area contributed by atoms with Crippen LogP contribution in [-0.4, -0.2) is 24.6 Å². The Morgan fingerprint density at radius 3 is 2.74 bits per heavy atom. The normalized spacial score (nSPS) is 27.8. The second-order valence-electron chi connectivity index (χ2n) is 6.29. The molecule has 3 nitrogen and oxygen atoms in total. The van der Waals surface area contributed by atoms with Gasteiger partial charge in [0.1, 0.15) is 0 Å². The molecule has 1 aliphatic carbocycles. The van der Waals surface area contributed by atoms with E-state index in [4.69, 9.17) is 4.98 Å². The second kappa shape index (κ2) is 5.41. The Balaban J connectivity index is 1.84. The van der Waals surface area contributed by atoms with Crippen molar-refractivity contribution in [1.29, 1.82) is 0 Å². The number of thiazole rings is 1. The topological polar surface area (TPSA) is 28.2 Å². The van der Waals surface area contributed by atoms with Gasteiger partial charge in [0.25, 0.3) is 0 Å². The molecule has 3 rings (SSSR count). The molecule has 1 saturated carbocycles. The summed E-state index contributed by atoms with van der Waals surface area (Å²) in [6.45, 7) is 6.86. The second-order valence-corrected chi connectivity index (χ2v) is 7.36. The van der Waals surface area contributed by atoms with Crippen LogP contribution in [0.2, 0.25) is 0 Å². The highest BCUT2D eigenvalue weighted by Crippen LogP contribution is 2.44. The molecule has 2 unspecified atom stereocenters. The van der Waals surface area contributed by atoms with Gasteiger partial charge in [0, 0.05) is 29.9 Å². The fraction of sp³-hybridized carbons (Fsp3) is 0.800. The van der Waals surface area contributed by atoms with Crippen molar-refractivity contribution in [2.75, 3.05) is 18.5 Å². The fourth-order valence-electron chi connectivity index (χ4n) is 2.99. The summed E-state index contributed by atoms with van der Waals surface area (Å²) in [6, 6.07) is 0.650. The number of nitrogens with zero attached hydrogens (tertiary/aromatic N) is 2. The number of nitrogens with one attached hydrogen (secondary N) is 1. The first-order chi connectivity index (χ1) is 9.19. The van der Waals surface area contributed by atoms with Gasteiger partial charge in [-0.3, -0.25) is 0 Å². The third-order valence-electron chi connectivity index (χ3n) is 4.38. The summed E-state index contributed by atoms with van der Waals surface area (Å²) in [5.41, 5.74) is 1.39. The summed E-state index contributed by atoms with van der Waals surface area (Å²) in [7, 11) is 2.03. The molecule has 0 radical (unpaired) electrons. The molecule has 1 N–H and O–H groups in total. The van der Waals surface area contributed by atoms with Crippen molar-refractivity contribution in [3.05, 3.63) is 10.6 Å². The van der Waals surface area contributed by atoms with Crippen molar-refractivity contribution in [1.82, 2.24) is 10.3 Å². The molecule has 0 aromatic carbocycles. The third-order valence-corrected chi connectivity index (χ3v) is 5.49. The maximum atomic E-state index is 5.00. The molecule has 19 heavy (non-hydrogen) atoms. The molecule has 2 aliphatic rings. The largest absolute Gasteiger partial charge is 0.345 e. The first kappa shape index (κ1) is 13.4. The average Bonchev–Trinajstić information content (AvgIpc) is 3.15. The standard InChI is InChI=1S/C15H25N3S/c1-10-4-5-11(2)18(9-10)15-17-14(12-6-7-12)13(19-15)8-16-3/h10-12,16H,4-9H2,1-3H3. The van der Waals surface area contributed by atoms with E-state index >= 15 is 0 Å². The van der Waals surface area contributed by atoms with E-state index < -0.39 is 0 Å². The number of hydrogen-bond donors (Lipinski definition) is 1. The smallest absolute Gasteiger partial charge is 0.186 e. The highest BCUT2D eigenvalue weighted by Gasteiger charge is 2.32. The Bertz CT molecular complexity index is 439. The van der Waals surface area contributed by atoms with Crippen LogP contribution < -0.4 is 10.2 Å². The van der Waals surface area contributed by atoms with Crippen molar-refractivity contribution in [3.8, 4) is 0 Å². The van der Waals surface area contributed by atoms with Gasteiger partial charge in [-0.25, -0.2) is 4.98 Å². The van der Waals surface area contributed by atoms with Gasteiger partial charge in [-0.2, -0.15) is 0 Å². The summed E-state index contributed by atoms with van der Waals surface area (Å²) in [5, 5.41) is 4.56. The van der Waals surface area contributed by atoms with Crippen LogP contribution in [0.4, 0.5) is 5.13 Å². The number of anilines is 1. The lowest BCUT2D eigenvalue weighted by Crippen LogP contribution is -2.41. The quantitative estimate of drug-likeness (QED) is 0.916. The molecule has 0 amide bonds. The first-order valence-electron chi connectivity index (χ1n) is 7.60. The Hall–Kier alpha value is -0.610. The molecule has 106 valence electrons. The predicted molar refractivity (Wildman–Crippen MR) is 82.1 cm³/mol. The summed E-state index contributed by atoms with van der Waals surface area (Å²) in [6.07, 6.45) is 5.35. The summed E-state index contributed by atoms with van der Waals surface area (Å²) < 4.78 is 0. The van der Waals surface area contributed by atoms with Crippen molar-refractivity contribution in [2.45, 2.75) is 58.0 Å². The molecule has 2 fully saturated rings. The van der Waals surface area contributed by atoms with Gasteiger partial charge in [-0.05, 0) is 45.6 Å². The highest BCUT2D eigenvalue weighted by atomic mass is 32.1. The van der Waals surface area contributed by atoms with Crippen molar-refractivity contribution in [3.63, 3.8) is 0 Å². The van der Waals surface area contributed by atoms with Gasteiger partial charge in [-0.15, -0.1) is 11.3 Å². The SMILES string of the molecule is CNCc1sc(N2CC(C)CCC2C)nc1C1CC1. The molecule has 4 heteroatoms. The zero-order valence-corrected chi connectivity index (χ0v) is 13.1. The molecule has 2 heterocycles. The van der Waals surface area contributed by atoms with E-state index in [9.17, 15) is 0 Å². The number of rotatable bonds is 4. The van der Waals surface area contributed by atoms with Crippen LogP contribution in [0.15, 0.2) is 0 Å². The lowest BCUT2D eigenvalue weighted by molar-refractivity contribution is 0.390. The summed E-state index contributed by atoms with van der Waals surface area (Å²) in [5.74, 6) is 1.56. The molecule has 1 aromatic heterocycles. The van der Waals surface area contributed by atoms with E-state index in [-0.39, 0.29) is 0 Å². The molecular formula is C15H25N3S. The van der Waals surface area contributed by atoms with Crippen LogP contribution in [0.5, 0.6) is 0 Å². The van der Waals surface area contributed by atoms with Crippen molar-refractivity contribution < 1.29 is 0 Å². The van der Waals surface area contributed by atoms with Crippen molar-refractivity contribution in [2.24, 2.45) is 5.92 Å². The Morgan fingerprint density at radius 2 is 2.05 bits per heavy atom. The minimum Gasteiger partial charge on any atom is -0.345 e. The fourth-order valence-corrected chi connectivity index (χ4v) is 4.26. The molecule has 1 aliphatic heterocycles.